The minimum absolute atomic E-state index is 0.00538. The van der Waals surface area contributed by atoms with Gasteiger partial charge in [-0.05, 0) is 60.6 Å². The average molecular weight is 365 g/mol. The van der Waals surface area contributed by atoms with E-state index in [1.54, 1.807) is 6.07 Å². The highest BCUT2D eigenvalue weighted by atomic mass is 16.5. The number of hydrogen-bond donors (Lipinski definition) is 3. The van der Waals surface area contributed by atoms with Crippen molar-refractivity contribution in [3.63, 3.8) is 0 Å². The molecule has 27 heavy (non-hydrogen) atoms. The molecule has 3 unspecified atom stereocenters. The van der Waals surface area contributed by atoms with Gasteiger partial charge in [0.2, 0.25) is 0 Å². The van der Waals surface area contributed by atoms with Crippen LogP contribution in [-0.4, -0.2) is 16.8 Å². The Morgan fingerprint density at radius 1 is 1.11 bits per heavy atom. The molecule has 0 amide bonds. The molecule has 0 radical (unpaired) electrons. The number of anilines is 1. The van der Waals surface area contributed by atoms with E-state index in [9.17, 15) is 10.2 Å². The van der Waals surface area contributed by atoms with Gasteiger partial charge in [0.25, 0.3) is 0 Å². The first kappa shape index (κ1) is 17.8. The van der Waals surface area contributed by atoms with Crippen molar-refractivity contribution in [2.75, 3.05) is 11.9 Å². The number of aromatic hydroxyl groups is 2. The lowest BCUT2D eigenvalue weighted by molar-refractivity contribution is 0.288. The first-order valence-electron chi connectivity index (χ1n) is 9.74. The van der Waals surface area contributed by atoms with Gasteiger partial charge in [0.15, 0.2) is 0 Å². The Bertz CT molecular complexity index is 859. The summed E-state index contributed by atoms with van der Waals surface area (Å²) in [6.45, 7) is 5.14. The lowest BCUT2D eigenvalue weighted by atomic mass is 9.77. The summed E-state index contributed by atoms with van der Waals surface area (Å²) in [5.41, 5.74) is 3.16. The van der Waals surface area contributed by atoms with Gasteiger partial charge in [-0.3, -0.25) is 0 Å². The maximum absolute atomic E-state index is 10.4. The lowest BCUT2D eigenvalue weighted by Crippen LogP contribution is -2.29. The van der Waals surface area contributed by atoms with Crippen molar-refractivity contribution in [1.82, 2.24) is 0 Å². The van der Waals surface area contributed by atoms with Crippen LogP contribution in [0.15, 0.2) is 48.6 Å². The van der Waals surface area contributed by atoms with Gasteiger partial charge < -0.3 is 20.3 Å². The van der Waals surface area contributed by atoms with E-state index in [4.69, 9.17) is 4.74 Å². The third-order valence-electron chi connectivity index (χ3n) is 5.65. The van der Waals surface area contributed by atoms with Crippen LogP contribution >= 0.6 is 0 Å². The van der Waals surface area contributed by atoms with Crippen LogP contribution in [0.2, 0.25) is 0 Å². The van der Waals surface area contributed by atoms with Gasteiger partial charge in [0.1, 0.15) is 17.2 Å². The molecule has 3 atom stereocenters. The van der Waals surface area contributed by atoms with E-state index in [-0.39, 0.29) is 17.5 Å². The molecule has 2 aromatic rings. The van der Waals surface area contributed by atoms with Gasteiger partial charge in [-0.15, -0.1) is 0 Å². The Labute approximate surface area is 160 Å². The summed E-state index contributed by atoms with van der Waals surface area (Å²) in [4.78, 5) is 0. The van der Waals surface area contributed by atoms with Crippen LogP contribution in [0.4, 0.5) is 5.69 Å². The molecule has 1 aliphatic carbocycles. The number of hydrogen-bond acceptors (Lipinski definition) is 4. The van der Waals surface area contributed by atoms with Crippen molar-refractivity contribution < 1.29 is 14.9 Å². The molecular weight excluding hydrogens is 338 g/mol. The van der Waals surface area contributed by atoms with Crippen LogP contribution in [0, 0.1) is 11.8 Å². The molecule has 0 aromatic heterocycles. The van der Waals surface area contributed by atoms with Crippen LogP contribution in [0.25, 0.3) is 0 Å². The van der Waals surface area contributed by atoms with Crippen LogP contribution in [0.5, 0.6) is 17.2 Å². The van der Waals surface area contributed by atoms with Crippen LogP contribution in [-0.2, 0) is 0 Å². The van der Waals surface area contributed by atoms with Crippen molar-refractivity contribution >= 4 is 5.69 Å². The van der Waals surface area contributed by atoms with Crippen LogP contribution < -0.4 is 10.1 Å². The fraction of sp³-hybridized carbons (Fsp3) is 0.391. The summed E-state index contributed by atoms with van der Waals surface area (Å²) in [6, 6.07) is 11.1. The number of nitrogens with one attached hydrogen (secondary N) is 1. The fourth-order valence-corrected chi connectivity index (χ4v) is 4.18. The predicted molar refractivity (Wildman–Crippen MR) is 108 cm³/mol. The average Bonchev–Trinajstić information content (AvgIpc) is 3.11. The molecule has 4 heteroatoms. The second-order valence-corrected chi connectivity index (χ2v) is 8.00. The van der Waals surface area contributed by atoms with Gasteiger partial charge in [-0.2, -0.15) is 0 Å². The highest BCUT2D eigenvalue weighted by molar-refractivity contribution is 5.62. The van der Waals surface area contributed by atoms with E-state index in [0.29, 0.717) is 17.8 Å². The second-order valence-electron chi connectivity index (χ2n) is 8.00. The predicted octanol–water partition coefficient (Wildman–Crippen LogP) is 5.35. The Morgan fingerprint density at radius 2 is 1.96 bits per heavy atom. The molecular formula is C23H27NO3. The number of allylic oxidation sites excluding steroid dienone is 2. The van der Waals surface area contributed by atoms with Gasteiger partial charge in [0.05, 0.1) is 12.6 Å². The largest absolute Gasteiger partial charge is 0.508 e. The summed E-state index contributed by atoms with van der Waals surface area (Å²) in [6.07, 6.45) is 6.50. The summed E-state index contributed by atoms with van der Waals surface area (Å²) < 4.78 is 5.96. The molecule has 4 rings (SSSR count). The van der Waals surface area contributed by atoms with Gasteiger partial charge in [0, 0.05) is 23.2 Å². The van der Waals surface area contributed by atoms with E-state index in [0.717, 1.165) is 36.4 Å². The van der Waals surface area contributed by atoms with E-state index >= 15 is 0 Å². The quantitative estimate of drug-likeness (QED) is 0.625. The topological polar surface area (TPSA) is 61.7 Å². The molecule has 0 spiro atoms. The Balaban J connectivity index is 1.62. The molecule has 3 N–H and O–H groups in total. The number of benzene rings is 2. The molecule has 1 heterocycles. The molecule has 2 aromatic carbocycles. The third kappa shape index (κ3) is 3.48. The van der Waals surface area contributed by atoms with E-state index in [1.165, 1.54) is 11.6 Å². The van der Waals surface area contributed by atoms with Crippen molar-refractivity contribution in [2.45, 2.75) is 38.6 Å². The van der Waals surface area contributed by atoms with E-state index in [1.807, 2.05) is 12.1 Å². The highest BCUT2D eigenvalue weighted by Gasteiger charge is 2.39. The maximum atomic E-state index is 10.4. The first-order chi connectivity index (χ1) is 13.0. The van der Waals surface area contributed by atoms with E-state index in [2.05, 4.69) is 43.4 Å². The zero-order chi connectivity index (χ0) is 19.0. The first-order valence-corrected chi connectivity index (χ1v) is 9.74. The molecule has 2 aliphatic rings. The molecule has 4 nitrogen and oxygen atoms in total. The summed E-state index contributed by atoms with van der Waals surface area (Å²) >= 11 is 0. The number of fused-ring (bicyclic) bond motifs is 3. The summed E-state index contributed by atoms with van der Waals surface area (Å²) in [5.74, 6) is 2.39. The summed E-state index contributed by atoms with van der Waals surface area (Å²) in [7, 11) is 0. The molecule has 0 bridgehead atoms. The minimum atomic E-state index is 0.00538. The van der Waals surface area contributed by atoms with Crippen LogP contribution in [0.1, 0.15) is 49.8 Å². The number of phenols is 2. The summed E-state index contributed by atoms with van der Waals surface area (Å²) in [5, 5.41) is 23.6. The van der Waals surface area contributed by atoms with Gasteiger partial charge >= 0.3 is 0 Å². The SMILES string of the molecule is CC(C)CCOc1ccc2c(c1)C1C=CCC1C(c1ccc(O)cc1O)N2. The maximum Gasteiger partial charge on any atom is 0.124 e. The molecule has 0 saturated carbocycles. The standard InChI is InChI=1S/C23H27NO3/c1-14(2)10-11-27-16-7-9-21-20(13-16)17-4-3-5-18(17)23(24-21)19-8-6-15(25)12-22(19)26/h3-4,6-9,12-14,17-18,23-26H,5,10-11H2,1-2H3. The smallest absolute Gasteiger partial charge is 0.124 e. The fourth-order valence-electron chi connectivity index (χ4n) is 4.18. The van der Waals surface area contributed by atoms with Crippen LogP contribution in [0.3, 0.4) is 0 Å². The number of rotatable bonds is 5. The van der Waals surface area contributed by atoms with Crippen molar-refractivity contribution in [3.05, 3.63) is 59.7 Å². The minimum Gasteiger partial charge on any atom is -0.508 e. The molecule has 0 saturated heterocycles. The normalized spacial score (nSPS) is 23.0. The van der Waals surface area contributed by atoms with Crippen molar-refractivity contribution in [3.8, 4) is 17.2 Å². The zero-order valence-corrected chi connectivity index (χ0v) is 15.9. The Morgan fingerprint density at radius 3 is 2.74 bits per heavy atom. The number of phenolic OH excluding ortho intramolecular Hbond substituents is 2. The van der Waals surface area contributed by atoms with E-state index < -0.39 is 0 Å². The molecule has 0 fully saturated rings. The van der Waals surface area contributed by atoms with Gasteiger partial charge in [-0.1, -0.05) is 26.0 Å². The molecule has 1 aliphatic heterocycles. The Kier molecular flexibility index (Phi) is 4.73. The van der Waals surface area contributed by atoms with Crippen molar-refractivity contribution in [1.29, 1.82) is 0 Å². The zero-order valence-electron chi connectivity index (χ0n) is 15.9. The number of ether oxygens (including phenoxy) is 1. The van der Waals surface area contributed by atoms with Gasteiger partial charge in [-0.25, -0.2) is 0 Å². The third-order valence-corrected chi connectivity index (χ3v) is 5.65. The highest BCUT2D eigenvalue weighted by Crippen LogP contribution is 2.51. The lowest BCUT2D eigenvalue weighted by Gasteiger charge is -2.37. The monoisotopic (exact) mass is 365 g/mol. The second kappa shape index (κ2) is 7.18. The molecule has 142 valence electrons. The Hall–Kier alpha value is -2.62. The van der Waals surface area contributed by atoms with Crippen molar-refractivity contribution in [2.24, 2.45) is 11.8 Å².